The lowest BCUT2D eigenvalue weighted by atomic mass is 9.86. The lowest BCUT2D eigenvalue weighted by molar-refractivity contribution is 0.0956. The van der Waals surface area contributed by atoms with Gasteiger partial charge < -0.3 is 5.32 Å². The molecule has 0 aromatic heterocycles. The molecule has 0 fully saturated rings. The van der Waals surface area contributed by atoms with Crippen LogP contribution in [0.1, 0.15) is 58.2 Å². The average molecular weight is 492 g/mol. The zero-order valence-corrected chi connectivity index (χ0v) is 20.2. The van der Waals surface area contributed by atoms with Crippen molar-refractivity contribution in [3.8, 4) is 0 Å². The van der Waals surface area contributed by atoms with Crippen LogP contribution in [0.15, 0.2) is 76.3 Å². The summed E-state index contributed by atoms with van der Waals surface area (Å²) in [5.74, 6) is -0.710. The predicted molar refractivity (Wildman–Crippen MR) is 133 cm³/mol. The Hall–Kier alpha value is -3.25. The van der Waals surface area contributed by atoms with E-state index in [1.54, 1.807) is 36.5 Å². The first-order valence-corrected chi connectivity index (χ1v) is 11.0. The van der Waals surface area contributed by atoms with E-state index >= 15 is 0 Å². The number of anilines is 1. The van der Waals surface area contributed by atoms with E-state index in [-0.39, 0.29) is 11.3 Å². The fourth-order valence-corrected chi connectivity index (χ4v) is 3.47. The van der Waals surface area contributed by atoms with Gasteiger partial charge in [0.05, 0.1) is 17.5 Å². The van der Waals surface area contributed by atoms with E-state index in [0.717, 1.165) is 21.2 Å². The molecule has 32 heavy (non-hydrogen) atoms. The number of hydrazone groups is 1. The van der Waals surface area contributed by atoms with Gasteiger partial charge in [-0.25, -0.2) is 5.43 Å². The van der Waals surface area contributed by atoms with Crippen LogP contribution in [0.4, 0.5) is 5.69 Å². The summed E-state index contributed by atoms with van der Waals surface area (Å²) in [7, 11) is 0. The van der Waals surface area contributed by atoms with Crippen molar-refractivity contribution in [1.82, 2.24) is 5.43 Å². The molecule has 3 rings (SSSR count). The van der Waals surface area contributed by atoms with E-state index in [1.807, 2.05) is 43.3 Å². The summed E-state index contributed by atoms with van der Waals surface area (Å²) in [5, 5.41) is 6.88. The standard InChI is InChI=1S/C26H26BrN3O2/c1-17-6-5-7-18(14-17)16-28-30-25(32)22-15-21(27)12-13-23(22)29-24(31)19-8-10-20(11-9-19)26(2,3)4/h5-16H,1-4H3,(H,29,31)(H,30,32). The summed E-state index contributed by atoms with van der Waals surface area (Å²) >= 11 is 3.38. The van der Waals surface area contributed by atoms with E-state index in [2.05, 4.69) is 52.5 Å². The van der Waals surface area contributed by atoms with Crippen LogP contribution in [-0.2, 0) is 5.41 Å². The van der Waals surface area contributed by atoms with Gasteiger partial charge in [-0.3, -0.25) is 9.59 Å². The van der Waals surface area contributed by atoms with Gasteiger partial charge in [0.2, 0.25) is 0 Å². The summed E-state index contributed by atoms with van der Waals surface area (Å²) in [6, 6.07) is 20.4. The molecule has 0 bridgehead atoms. The third-order valence-corrected chi connectivity index (χ3v) is 5.40. The number of hydrogen-bond donors (Lipinski definition) is 2. The molecule has 2 N–H and O–H groups in total. The van der Waals surface area contributed by atoms with Crippen molar-refractivity contribution in [2.45, 2.75) is 33.1 Å². The molecule has 164 valence electrons. The number of rotatable bonds is 5. The highest BCUT2D eigenvalue weighted by Gasteiger charge is 2.17. The molecule has 6 heteroatoms. The Kier molecular flexibility index (Phi) is 7.26. The number of aryl methyl sites for hydroxylation is 1. The maximum Gasteiger partial charge on any atom is 0.273 e. The molecule has 0 heterocycles. The van der Waals surface area contributed by atoms with Crippen molar-refractivity contribution in [3.63, 3.8) is 0 Å². The van der Waals surface area contributed by atoms with E-state index < -0.39 is 5.91 Å². The Morgan fingerprint density at radius 3 is 2.31 bits per heavy atom. The number of amides is 2. The Morgan fingerprint density at radius 2 is 1.66 bits per heavy atom. The summed E-state index contributed by atoms with van der Waals surface area (Å²) in [5.41, 5.74) is 6.89. The van der Waals surface area contributed by atoms with Crippen LogP contribution in [-0.4, -0.2) is 18.0 Å². The number of carbonyl (C=O) groups excluding carboxylic acids is 2. The third-order valence-electron chi connectivity index (χ3n) is 4.91. The van der Waals surface area contributed by atoms with Gasteiger partial charge >= 0.3 is 0 Å². The molecule has 5 nitrogen and oxygen atoms in total. The highest BCUT2D eigenvalue weighted by atomic mass is 79.9. The molecule has 2 amide bonds. The molecule has 0 unspecified atom stereocenters. The maximum absolute atomic E-state index is 12.8. The summed E-state index contributed by atoms with van der Waals surface area (Å²) in [6.45, 7) is 8.35. The van der Waals surface area contributed by atoms with Crippen LogP contribution in [0.25, 0.3) is 0 Å². The zero-order chi connectivity index (χ0) is 23.3. The first-order chi connectivity index (χ1) is 15.1. The second-order valence-electron chi connectivity index (χ2n) is 8.58. The number of benzene rings is 3. The molecule has 0 saturated heterocycles. The SMILES string of the molecule is Cc1cccc(C=NNC(=O)c2cc(Br)ccc2NC(=O)c2ccc(C(C)(C)C)cc2)c1. The van der Waals surface area contributed by atoms with Crippen LogP contribution < -0.4 is 10.7 Å². The average Bonchev–Trinajstić information content (AvgIpc) is 2.74. The highest BCUT2D eigenvalue weighted by Crippen LogP contribution is 2.24. The molecule has 0 spiro atoms. The van der Waals surface area contributed by atoms with Gasteiger partial charge in [-0.1, -0.05) is 78.7 Å². The molecule has 3 aromatic carbocycles. The Balaban J connectivity index is 1.75. The van der Waals surface area contributed by atoms with Gasteiger partial charge in [-0.05, 0) is 53.8 Å². The lowest BCUT2D eigenvalue weighted by Gasteiger charge is -2.19. The van der Waals surface area contributed by atoms with Crippen LogP contribution in [0, 0.1) is 6.92 Å². The Morgan fingerprint density at radius 1 is 0.938 bits per heavy atom. The van der Waals surface area contributed by atoms with E-state index in [0.29, 0.717) is 16.8 Å². The first-order valence-electron chi connectivity index (χ1n) is 10.2. The monoisotopic (exact) mass is 491 g/mol. The smallest absolute Gasteiger partial charge is 0.273 e. The highest BCUT2D eigenvalue weighted by molar-refractivity contribution is 9.10. The van der Waals surface area contributed by atoms with Crippen LogP contribution in [0.3, 0.4) is 0 Å². The predicted octanol–water partition coefficient (Wildman–Crippen LogP) is 6.07. The molecule has 3 aromatic rings. The van der Waals surface area contributed by atoms with E-state index in [4.69, 9.17) is 0 Å². The maximum atomic E-state index is 12.8. The fourth-order valence-electron chi connectivity index (χ4n) is 3.11. The molecule has 0 aliphatic rings. The summed E-state index contributed by atoms with van der Waals surface area (Å²) < 4.78 is 0.720. The lowest BCUT2D eigenvalue weighted by Crippen LogP contribution is -2.21. The van der Waals surface area contributed by atoms with E-state index in [9.17, 15) is 9.59 Å². The Bertz CT molecular complexity index is 1160. The van der Waals surface area contributed by atoms with E-state index in [1.165, 1.54) is 0 Å². The van der Waals surface area contributed by atoms with Gasteiger partial charge in [0, 0.05) is 10.0 Å². The van der Waals surface area contributed by atoms with Gasteiger partial charge in [-0.2, -0.15) is 5.10 Å². The second kappa shape index (κ2) is 9.92. The van der Waals surface area contributed by atoms with Gasteiger partial charge in [0.25, 0.3) is 11.8 Å². The number of hydrogen-bond acceptors (Lipinski definition) is 3. The van der Waals surface area contributed by atoms with Crippen LogP contribution >= 0.6 is 15.9 Å². The van der Waals surface area contributed by atoms with Crippen molar-refractivity contribution in [1.29, 1.82) is 0 Å². The van der Waals surface area contributed by atoms with Gasteiger partial charge in [0.1, 0.15) is 0 Å². The van der Waals surface area contributed by atoms with Crippen molar-refractivity contribution in [3.05, 3.63) is 99.0 Å². The van der Waals surface area contributed by atoms with Gasteiger partial charge in [0.15, 0.2) is 0 Å². The van der Waals surface area contributed by atoms with Crippen LogP contribution in [0.5, 0.6) is 0 Å². The molecule has 0 saturated carbocycles. The number of carbonyl (C=O) groups is 2. The molecular formula is C26H26BrN3O2. The van der Waals surface area contributed by atoms with Crippen molar-refractivity contribution < 1.29 is 9.59 Å². The number of halogens is 1. The minimum absolute atomic E-state index is 0.00490. The third kappa shape index (κ3) is 6.14. The molecule has 0 radical (unpaired) electrons. The minimum atomic E-state index is -0.423. The van der Waals surface area contributed by atoms with Crippen molar-refractivity contribution in [2.75, 3.05) is 5.32 Å². The normalized spacial score (nSPS) is 11.4. The molecular weight excluding hydrogens is 466 g/mol. The van der Waals surface area contributed by atoms with Crippen molar-refractivity contribution in [2.24, 2.45) is 5.10 Å². The molecule has 0 aliphatic carbocycles. The number of nitrogens with one attached hydrogen (secondary N) is 2. The second-order valence-corrected chi connectivity index (χ2v) is 9.50. The summed E-state index contributed by atoms with van der Waals surface area (Å²) in [6.07, 6.45) is 1.58. The largest absolute Gasteiger partial charge is 0.321 e. The zero-order valence-electron chi connectivity index (χ0n) is 18.6. The summed E-state index contributed by atoms with van der Waals surface area (Å²) in [4.78, 5) is 25.5. The molecule has 0 atom stereocenters. The minimum Gasteiger partial charge on any atom is -0.321 e. The first kappa shape index (κ1) is 23.4. The quantitative estimate of drug-likeness (QED) is 0.335. The van der Waals surface area contributed by atoms with Crippen molar-refractivity contribution >= 4 is 39.6 Å². The number of nitrogens with zero attached hydrogens (tertiary/aromatic N) is 1. The topological polar surface area (TPSA) is 70.6 Å². The molecule has 0 aliphatic heterocycles. The van der Waals surface area contributed by atoms with Crippen LogP contribution in [0.2, 0.25) is 0 Å². The Labute approximate surface area is 197 Å². The van der Waals surface area contributed by atoms with Gasteiger partial charge in [-0.15, -0.1) is 0 Å². The fraction of sp³-hybridized carbons (Fsp3) is 0.192.